The van der Waals surface area contributed by atoms with Gasteiger partial charge in [0, 0.05) is 51.2 Å². The largest absolute Gasteiger partial charge is 0.311 e. The van der Waals surface area contributed by atoms with Gasteiger partial charge in [0.2, 0.25) is 0 Å². The van der Waals surface area contributed by atoms with Crippen molar-refractivity contribution in [1.82, 2.24) is 0 Å². The monoisotopic (exact) mass is 845 g/mol. The molecule has 65 heavy (non-hydrogen) atoms. The molecule has 2 aliphatic rings. The van der Waals surface area contributed by atoms with Crippen LogP contribution in [0, 0.1) is 0 Å². The first kappa shape index (κ1) is 38.5. The van der Waals surface area contributed by atoms with E-state index in [0.717, 1.165) is 28.4 Å². The van der Waals surface area contributed by atoms with Crippen molar-refractivity contribution < 1.29 is 0 Å². The Hall–Kier alpha value is -8.12. The Kier molecular flexibility index (Phi) is 9.62. The Morgan fingerprint density at radius 1 is 0.292 bits per heavy atom. The lowest BCUT2D eigenvalue weighted by molar-refractivity contribution is 1.24. The molecule has 0 aromatic heterocycles. The van der Waals surface area contributed by atoms with Crippen molar-refractivity contribution in [2.24, 2.45) is 0 Å². The highest BCUT2D eigenvalue weighted by molar-refractivity contribution is 7.19. The molecular formula is C60H44BN3Si. The SMILES string of the molecule is c1ccc(N(c2ccccc2)c2ccc3c(c2)N(c2ccc([Si](c4ccccc4)(c4ccccc4)c4ccccc4)cc2)c2cccc4c2B3c2ccccc2N4c2ccccc2)cc1. The zero-order valence-electron chi connectivity index (χ0n) is 35.8. The molecule has 0 saturated heterocycles. The summed E-state index contributed by atoms with van der Waals surface area (Å²) in [6.45, 7) is 0.0214. The second kappa shape index (κ2) is 16.2. The summed E-state index contributed by atoms with van der Waals surface area (Å²) in [5.74, 6) is 0. The van der Waals surface area contributed by atoms with Gasteiger partial charge in [0.25, 0.3) is 6.71 Å². The fourth-order valence-electron chi connectivity index (χ4n) is 10.7. The van der Waals surface area contributed by atoms with Crippen LogP contribution in [0.3, 0.4) is 0 Å². The second-order valence-corrected chi connectivity index (χ2v) is 20.7. The third-order valence-corrected chi connectivity index (χ3v) is 18.2. The van der Waals surface area contributed by atoms with Crippen molar-refractivity contribution in [2.75, 3.05) is 14.7 Å². The van der Waals surface area contributed by atoms with E-state index in [4.69, 9.17) is 0 Å². The summed E-state index contributed by atoms with van der Waals surface area (Å²) < 4.78 is 0. The first-order chi connectivity index (χ1) is 32.3. The van der Waals surface area contributed by atoms with E-state index in [2.05, 4.69) is 282 Å². The highest BCUT2D eigenvalue weighted by Gasteiger charge is 2.44. The smallest absolute Gasteiger partial charge is 0.252 e. The van der Waals surface area contributed by atoms with Gasteiger partial charge < -0.3 is 14.7 Å². The van der Waals surface area contributed by atoms with Gasteiger partial charge in [-0.15, -0.1) is 0 Å². The number of para-hydroxylation sites is 4. The number of fused-ring (bicyclic) bond motifs is 4. The maximum atomic E-state index is 2.53. The van der Waals surface area contributed by atoms with E-state index < -0.39 is 8.07 Å². The number of benzene rings is 10. The first-order valence-corrected chi connectivity index (χ1v) is 24.5. The van der Waals surface area contributed by atoms with Crippen LogP contribution in [-0.4, -0.2) is 14.8 Å². The van der Waals surface area contributed by atoms with Crippen LogP contribution in [0.25, 0.3) is 0 Å². The quantitative estimate of drug-likeness (QED) is 0.106. The number of anilines is 9. The van der Waals surface area contributed by atoms with Gasteiger partial charge in [-0.1, -0.05) is 188 Å². The highest BCUT2D eigenvalue weighted by Crippen LogP contribution is 2.45. The molecule has 0 bridgehead atoms. The lowest BCUT2D eigenvalue weighted by Crippen LogP contribution is -2.74. The molecule has 0 spiro atoms. The Labute approximate surface area is 382 Å². The summed E-state index contributed by atoms with van der Waals surface area (Å²) in [7, 11) is -2.75. The Bertz CT molecular complexity index is 3130. The van der Waals surface area contributed by atoms with Crippen molar-refractivity contribution in [3.8, 4) is 0 Å². The first-order valence-electron chi connectivity index (χ1n) is 22.5. The van der Waals surface area contributed by atoms with Crippen molar-refractivity contribution >= 4 is 103 Å². The number of hydrogen-bond acceptors (Lipinski definition) is 3. The van der Waals surface area contributed by atoms with Gasteiger partial charge >= 0.3 is 0 Å². The van der Waals surface area contributed by atoms with Gasteiger partial charge in [0.05, 0.1) is 0 Å². The fraction of sp³-hybridized carbons (Fsp3) is 0. The van der Waals surface area contributed by atoms with E-state index in [0.29, 0.717) is 0 Å². The standard InChI is InChI=1S/C60H44BN3Si/c1-7-22-45(23-8-1)62(46-24-9-2-10-25-46)49-40-43-55-59(44-49)64(58-37-21-36-57-60(58)61(55)54-34-19-20-35-56(54)63(57)47-26-11-3-12-27-47)48-38-41-53(42-39-48)65(50-28-13-4-14-29-50,51-30-15-5-16-31-51)52-32-17-6-18-33-52/h1-44H. The van der Waals surface area contributed by atoms with Gasteiger partial charge in [-0.2, -0.15) is 0 Å². The van der Waals surface area contributed by atoms with Crippen LogP contribution in [0.15, 0.2) is 267 Å². The predicted octanol–water partition coefficient (Wildman–Crippen LogP) is 10.6. The fourth-order valence-corrected chi connectivity index (χ4v) is 15.4. The third-order valence-electron chi connectivity index (χ3n) is 13.4. The summed E-state index contributed by atoms with van der Waals surface area (Å²) >= 11 is 0. The van der Waals surface area contributed by atoms with E-state index in [1.54, 1.807) is 0 Å². The molecule has 306 valence electrons. The number of hydrogen-bond donors (Lipinski definition) is 0. The van der Waals surface area contributed by atoms with Gasteiger partial charge in [0.15, 0.2) is 8.07 Å². The molecule has 12 rings (SSSR count). The molecule has 0 atom stereocenters. The predicted molar refractivity (Wildman–Crippen MR) is 279 cm³/mol. The van der Waals surface area contributed by atoms with E-state index in [9.17, 15) is 0 Å². The second-order valence-electron chi connectivity index (χ2n) is 16.9. The molecule has 0 fully saturated rings. The molecular weight excluding hydrogens is 802 g/mol. The van der Waals surface area contributed by atoms with E-state index in [1.807, 2.05) is 0 Å². The molecule has 10 aromatic carbocycles. The molecule has 0 unspecified atom stereocenters. The third kappa shape index (κ3) is 6.35. The molecule has 0 radical (unpaired) electrons. The average molecular weight is 846 g/mol. The van der Waals surface area contributed by atoms with E-state index >= 15 is 0 Å². The minimum absolute atomic E-state index is 0.0214. The highest BCUT2D eigenvalue weighted by atomic mass is 28.3. The number of nitrogens with zero attached hydrogens (tertiary/aromatic N) is 3. The Morgan fingerprint density at radius 3 is 1.23 bits per heavy atom. The molecule has 0 amide bonds. The van der Waals surface area contributed by atoms with E-state index in [1.165, 1.54) is 59.9 Å². The minimum Gasteiger partial charge on any atom is -0.311 e. The molecule has 5 heteroatoms. The molecule has 3 nitrogen and oxygen atoms in total. The normalized spacial score (nSPS) is 12.5. The topological polar surface area (TPSA) is 9.72 Å². The zero-order valence-corrected chi connectivity index (χ0v) is 36.8. The van der Waals surface area contributed by atoms with Crippen molar-refractivity contribution in [3.63, 3.8) is 0 Å². The summed E-state index contributed by atoms with van der Waals surface area (Å²) in [6.07, 6.45) is 0. The molecule has 0 aliphatic carbocycles. The summed E-state index contributed by atoms with van der Waals surface area (Å²) in [6, 6.07) is 98.4. The van der Waals surface area contributed by atoms with Crippen LogP contribution in [0.5, 0.6) is 0 Å². The van der Waals surface area contributed by atoms with Crippen molar-refractivity contribution in [1.29, 1.82) is 0 Å². The van der Waals surface area contributed by atoms with Gasteiger partial charge in [-0.3, -0.25) is 0 Å². The van der Waals surface area contributed by atoms with Crippen LogP contribution >= 0.6 is 0 Å². The maximum Gasteiger partial charge on any atom is 0.252 e. The van der Waals surface area contributed by atoms with E-state index in [-0.39, 0.29) is 6.71 Å². The summed E-state index contributed by atoms with van der Waals surface area (Å²) in [5.41, 5.74) is 14.2. The van der Waals surface area contributed by atoms with Gasteiger partial charge in [-0.25, -0.2) is 0 Å². The van der Waals surface area contributed by atoms with Crippen LogP contribution in [0.4, 0.5) is 51.2 Å². The lowest BCUT2D eigenvalue weighted by atomic mass is 9.33. The van der Waals surface area contributed by atoms with Crippen molar-refractivity contribution in [3.05, 3.63) is 267 Å². The van der Waals surface area contributed by atoms with Crippen molar-refractivity contribution in [2.45, 2.75) is 0 Å². The average Bonchev–Trinajstić information content (AvgIpc) is 3.39. The van der Waals surface area contributed by atoms with Crippen LogP contribution in [-0.2, 0) is 0 Å². The molecule has 0 N–H and O–H groups in total. The zero-order chi connectivity index (χ0) is 43.2. The van der Waals surface area contributed by atoms with Crippen LogP contribution in [0.2, 0.25) is 0 Å². The van der Waals surface area contributed by atoms with Gasteiger partial charge in [0.1, 0.15) is 0 Å². The van der Waals surface area contributed by atoms with Crippen LogP contribution < -0.4 is 51.8 Å². The molecule has 0 saturated carbocycles. The molecule has 2 heterocycles. The molecule has 10 aromatic rings. The van der Waals surface area contributed by atoms with Crippen LogP contribution in [0.1, 0.15) is 0 Å². The Morgan fingerprint density at radius 2 is 0.692 bits per heavy atom. The Balaban J connectivity index is 1.10. The number of rotatable bonds is 9. The molecule has 2 aliphatic heterocycles. The lowest BCUT2D eigenvalue weighted by Gasteiger charge is -2.44. The summed E-state index contributed by atoms with van der Waals surface area (Å²) in [5, 5.41) is 5.42. The maximum absolute atomic E-state index is 2.75. The minimum atomic E-state index is -2.75. The van der Waals surface area contributed by atoms with Gasteiger partial charge in [-0.05, 0) is 116 Å². The summed E-state index contributed by atoms with van der Waals surface area (Å²) in [4.78, 5) is 7.36.